The van der Waals surface area contributed by atoms with E-state index in [0.29, 0.717) is 12.2 Å². The van der Waals surface area contributed by atoms with Gasteiger partial charge in [0.05, 0.1) is 17.7 Å². The second kappa shape index (κ2) is 5.82. The molecule has 0 unspecified atom stereocenters. The highest BCUT2D eigenvalue weighted by molar-refractivity contribution is 7.89. The number of furan rings is 1. The molecule has 1 N–H and O–H groups in total. The van der Waals surface area contributed by atoms with Crippen molar-refractivity contribution in [1.82, 2.24) is 4.72 Å². The fourth-order valence-electron chi connectivity index (χ4n) is 2.92. The quantitative estimate of drug-likeness (QED) is 0.928. The van der Waals surface area contributed by atoms with E-state index in [9.17, 15) is 13.2 Å². The maximum absolute atomic E-state index is 12.4. The standard InChI is InChI=1S/C16H18N2O4S/c1-11-8-13-9-15(5-6-16(13)18(11)12(2)19)23(20,21)17-10-14-4-3-7-22-14/h3-7,9,11,17H,8,10H2,1-2H3/t11-/m1/s1. The van der Waals surface area contributed by atoms with Gasteiger partial charge < -0.3 is 9.32 Å². The van der Waals surface area contributed by atoms with Crippen LogP contribution < -0.4 is 9.62 Å². The lowest BCUT2D eigenvalue weighted by atomic mass is 10.1. The third kappa shape index (κ3) is 3.02. The van der Waals surface area contributed by atoms with E-state index in [0.717, 1.165) is 11.3 Å². The number of nitrogens with zero attached hydrogens (tertiary/aromatic N) is 1. The molecule has 2 aromatic rings. The zero-order valence-electron chi connectivity index (χ0n) is 12.9. The second-order valence-corrected chi connectivity index (χ2v) is 7.40. The van der Waals surface area contributed by atoms with Crippen molar-refractivity contribution < 1.29 is 17.6 Å². The van der Waals surface area contributed by atoms with Gasteiger partial charge in [-0.25, -0.2) is 13.1 Å². The molecule has 1 aliphatic rings. The van der Waals surface area contributed by atoms with Crippen LogP contribution in [0.2, 0.25) is 0 Å². The molecule has 1 aromatic heterocycles. The van der Waals surface area contributed by atoms with Crippen molar-refractivity contribution in [2.45, 2.75) is 37.8 Å². The molecule has 7 heteroatoms. The highest BCUT2D eigenvalue weighted by atomic mass is 32.2. The van der Waals surface area contributed by atoms with Gasteiger partial charge in [0.25, 0.3) is 0 Å². The number of fused-ring (bicyclic) bond motifs is 1. The number of hydrogen-bond acceptors (Lipinski definition) is 4. The summed E-state index contributed by atoms with van der Waals surface area (Å²) in [7, 11) is -3.63. The molecule has 0 spiro atoms. The van der Waals surface area contributed by atoms with Gasteiger partial charge in [-0.2, -0.15) is 0 Å². The van der Waals surface area contributed by atoms with Crippen LogP contribution in [0, 0.1) is 0 Å². The van der Waals surface area contributed by atoms with E-state index in [1.54, 1.807) is 29.2 Å². The minimum absolute atomic E-state index is 0.0385. The van der Waals surface area contributed by atoms with Crippen molar-refractivity contribution in [1.29, 1.82) is 0 Å². The van der Waals surface area contributed by atoms with E-state index in [4.69, 9.17) is 4.42 Å². The molecule has 2 heterocycles. The average Bonchev–Trinajstić information content (AvgIpc) is 3.10. The molecular formula is C16H18N2O4S. The van der Waals surface area contributed by atoms with E-state index in [1.807, 2.05) is 6.92 Å². The van der Waals surface area contributed by atoms with E-state index in [1.165, 1.54) is 19.3 Å². The number of rotatable bonds is 4. The lowest BCUT2D eigenvalue weighted by Crippen LogP contribution is -2.33. The van der Waals surface area contributed by atoms with Crippen LogP contribution in [-0.4, -0.2) is 20.4 Å². The van der Waals surface area contributed by atoms with Gasteiger partial charge in [0.15, 0.2) is 0 Å². The number of nitrogens with one attached hydrogen (secondary N) is 1. The molecule has 1 aromatic carbocycles. The fourth-order valence-corrected chi connectivity index (χ4v) is 3.96. The van der Waals surface area contributed by atoms with E-state index in [2.05, 4.69) is 4.72 Å². The Morgan fingerprint density at radius 3 is 2.83 bits per heavy atom. The smallest absolute Gasteiger partial charge is 0.240 e. The monoisotopic (exact) mass is 334 g/mol. The number of hydrogen-bond donors (Lipinski definition) is 1. The van der Waals surface area contributed by atoms with E-state index < -0.39 is 10.0 Å². The highest BCUT2D eigenvalue weighted by Gasteiger charge is 2.30. The van der Waals surface area contributed by atoms with Crippen LogP contribution in [0.3, 0.4) is 0 Å². The molecule has 1 amide bonds. The number of anilines is 1. The van der Waals surface area contributed by atoms with Gasteiger partial charge in [-0.1, -0.05) is 0 Å². The summed E-state index contributed by atoms with van der Waals surface area (Å²) in [6.07, 6.45) is 2.15. The van der Waals surface area contributed by atoms with Gasteiger partial charge in [-0.15, -0.1) is 0 Å². The van der Waals surface area contributed by atoms with Gasteiger partial charge in [-0.3, -0.25) is 4.79 Å². The summed E-state index contributed by atoms with van der Waals surface area (Å²) in [6, 6.07) is 8.31. The molecule has 0 bridgehead atoms. The number of sulfonamides is 1. The Labute approximate surface area is 135 Å². The molecule has 0 radical (unpaired) electrons. The molecule has 0 saturated heterocycles. The zero-order valence-corrected chi connectivity index (χ0v) is 13.8. The van der Waals surface area contributed by atoms with Crippen molar-refractivity contribution >= 4 is 21.6 Å². The third-order valence-corrected chi connectivity index (χ3v) is 5.33. The molecule has 0 aliphatic carbocycles. The summed E-state index contributed by atoms with van der Waals surface area (Å²) in [6.45, 7) is 3.56. The molecule has 1 aliphatic heterocycles. The first-order chi connectivity index (χ1) is 10.9. The molecule has 0 saturated carbocycles. The predicted molar refractivity (Wildman–Crippen MR) is 85.5 cm³/mol. The van der Waals surface area contributed by atoms with E-state index >= 15 is 0 Å². The summed E-state index contributed by atoms with van der Waals surface area (Å²) >= 11 is 0. The first-order valence-corrected chi connectivity index (χ1v) is 8.81. The van der Waals surface area contributed by atoms with Crippen molar-refractivity contribution in [2.24, 2.45) is 0 Å². The van der Waals surface area contributed by atoms with Crippen LogP contribution >= 0.6 is 0 Å². The SMILES string of the molecule is CC(=O)N1c2ccc(S(=O)(=O)NCc3ccco3)cc2C[C@H]1C. The highest BCUT2D eigenvalue weighted by Crippen LogP contribution is 2.33. The first kappa shape index (κ1) is 15.8. The summed E-state index contributed by atoms with van der Waals surface area (Å²) in [4.78, 5) is 13.6. The Bertz CT molecular complexity index is 828. The minimum atomic E-state index is -3.63. The molecule has 23 heavy (non-hydrogen) atoms. The number of amides is 1. The van der Waals surface area contributed by atoms with Crippen LogP contribution in [0.15, 0.2) is 45.9 Å². The lowest BCUT2D eigenvalue weighted by Gasteiger charge is -2.20. The largest absolute Gasteiger partial charge is 0.468 e. The van der Waals surface area contributed by atoms with Crippen molar-refractivity contribution in [2.75, 3.05) is 4.90 Å². The third-order valence-electron chi connectivity index (χ3n) is 3.93. The normalized spacial score (nSPS) is 17.3. The van der Waals surface area contributed by atoms with Crippen LogP contribution in [0.1, 0.15) is 25.2 Å². The first-order valence-electron chi connectivity index (χ1n) is 7.33. The molecule has 3 rings (SSSR count). The van der Waals surface area contributed by atoms with Crippen molar-refractivity contribution in [3.05, 3.63) is 47.9 Å². The Morgan fingerprint density at radius 1 is 1.39 bits per heavy atom. The van der Waals surface area contributed by atoms with Crippen LogP contribution in [0.5, 0.6) is 0 Å². The molecule has 6 nitrogen and oxygen atoms in total. The van der Waals surface area contributed by atoms with Crippen molar-refractivity contribution in [3.63, 3.8) is 0 Å². The molecule has 122 valence electrons. The maximum Gasteiger partial charge on any atom is 0.240 e. The fraction of sp³-hybridized carbons (Fsp3) is 0.312. The Hall–Kier alpha value is -2.12. The van der Waals surface area contributed by atoms with Gasteiger partial charge in [0, 0.05) is 18.7 Å². The Balaban J connectivity index is 1.84. The zero-order chi connectivity index (χ0) is 16.6. The van der Waals surface area contributed by atoms with Crippen LogP contribution in [0.25, 0.3) is 0 Å². The van der Waals surface area contributed by atoms with E-state index in [-0.39, 0.29) is 23.4 Å². The summed E-state index contributed by atoms with van der Waals surface area (Å²) < 4.78 is 32.4. The minimum Gasteiger partial charge on any atom is -0.468 e. The van der Waals surface area contributed by atoms with Crippen molar-refractivity contribution in [3.8, 4) is 0 Å². The van der Waals surface area contributed by atoms with Gasteiger partial charge in [-0.05, 0) is 49.2 Å². The summed E-state index contributed by atoms with van der Waals surface area (Å²) in [5.41, 5.74) is 1.66. The summed E-state index contributed by atoms with van der Waals surface area (Å²) in [5.74, 6) is 0.508. The molecule has 1 atom stereocenters. The number of carbonyl (C=O) groups is 1. The second-order valence-electron chi connectivity index (χ2n) is 5.64. The lowest BCUT2D eigenvalue weighted by molar-refractivity contribution is -0.116. The average molecular weight is 334 g/mol. The molecular weight excluding hydrogens is 316 g/mol. The van der Waals surface area contributed by atoms with Gasteiger partial charge in [0.1, 0.15) is 5.76 Å². The van der Waals surface area contributed by atoms with Crippen LogP contribution in [-0.2, 0) is 27.8 Å². The summed E-state index contributed by atoms with van der Waals surface area (Å²) in [5, 5.41) is 0. The predicted octanol–water partition coefficient (Wildman–Crippen LogP) is 2.06. The van der Waals surface area contributed by atoms with Crippen LogP contribution in [0.4, 0.5) is 5.69 Å². The van der Waals surface area contributed by atoms with Gasteiger partial charge >= 0.3 is 0 Å². The van der Waals surface area contributed by atoms with Gasteiger partial charge in [0.2, 0.25) is 15.9 Å². The maximum atomic E-state index is 12.4. The topological polar surface area (TPSA) is 79.6 Å². The number of carbonyl (C=O) groups excluding carboxylic acids is 1. The Kier molecular flexibility index (Phi) is 3.99. The number of benzene rings is 1. The molecule has 0 fully saturated rings. The Morgan fingerprint density at radius 2 is 2.17 bits per heavy atom.